The van der Waals surface area contributed by atoms with Gasteiger partial charge in [0, 0.05) is 5.41 Å². The molecule has 128 valence electrons. The molecule has 0 N–H and O–H groups in total. The minimum Gasteiger partial charge on any atom is -0.457 e. The van der Waals surface area contributed by atoms with E-state index in [1.54, 1.807) is 6.08 Å². The van der Waals surface area contributed by atoms with E-state index in [0.29, 0.717) is 5.57 Å². The van der Waals surface area contributed by atoms with Gasteiger partial charge in [-0.3, -0.25) is 0 Å². The fourth-order valence-electron chi connectivity index (χ4n) is 2.92. The van der Waals surface area contributed by atoms with Crippen LogP contribution in [0, 0.1) is 5.41 Å². The van der Waals surface area contributed by atoms with Gasteiger partial charge < -0.3 is 4.74 Å². The van der Waals surface area contributed by atoms with Crippen molar-refractivity contribution >= 4 is 29.2 Å². The van der Waals surface area contributed by atoms with E-state index in [0.717, 1.165) is 22.3 Å². The molecular weight excluding hydrogens is 355 g/mol. The maximum absolute atomic E-state index is 12.3. The summed E-state index contributed by atoms with van der Waals surface area (Å²) in [5.41, 5.74) is 4.30. The van der Waals surface area contributed by atoms with Crippen LogP contribution in [0.4, 0.5) is 0 Å². The van der Waals surface area contributed by atoms with Crippen molar-refractivity contribution in [3.63, 3.8) is 0 Å². The Morgan fingerprint density at radius 3 is 2.40 bits per heavy atom. The van der Waals surface area contributed by atoms with Crippen molar-refractivity contribution in [2.45, 2.75) is 20.5 Å². The molecule has 0 bridgehead atoms. The minimum absolute atomic E-state index is 0.140. The zero-order valence-corrected chi connectivity index (χ0v) is 15.6. The van der Waals surface area contributed by atoms with Gasteiger partial charge in [-0.2, -0.15) is 0 Å². The van der Waals surface area contributed by atoms with Crippen LogP contribution in [0.2, 0.25) is 0 Å². The maximum Gasteiger partial charge on any atom is 0.335 e. The molecule has 4 heteroatoms. The summed E-state index contributed by atoms with van der Waals surface area (Å²) in [5.74, 6) is -0.323. The number of hydrogen-bond donors (Lipinski definition) is 0. The number of halogens is 2. The molecule has 2 aromatic carbocycles. The molecule has 2 aromatic rings. The van der Waals surface area contributed by atoms with E-state index in [2.05, 4.69) is 12.1 Å². The van der Waals surface area contributed by atoms with Crippen molar-refractivity contribution in [1.29, 1.82) is 0 Å². The monoisotopic (exact) mass is 372 g/mol. The van der Waals surface area contributed by atoms with E-state index < -0.39 is 0 Å². The highest BCUT2D eigenvalue weighted by Crippen LogP contribution is 2.54. The Balaban J connectivity index is 1.70. The van der Waals surface area contributed by atoms with Gasteiger partial charge in [0.05, 0.1) is 5.57 Å². The quantitative estimate of drug-likeness (QED) is 0.596. The van der Waals surface area contributed by atoms with Gasteiger partial charge in [0.1, 0.15) is 11.1 Å². The Hall–Kier alpha value is -2.03. The molecule has 0 saturated heterocycles. The first-order valence-electron chi connectivity index (χ1n) is 7.99. The van der Waals surface area contributed by atoms with Gasteiger partial charge in [0.2, 0.25) is 0 Å². The van der Waals surface area contributed by atoms with E-state index in [-0.39, 0.29) is 22.5 Å². The summed E-state index contributed by atoms with van der Waals surface area (Å²) in [5, 5.41) is 0. The summed E-state index contributed by atoms with van der Waals surface area (Å²) < 4.78 is 5.62. The second-order valence-corrected chi connectivity index (χ2v) is 7.50. The first-order chi connectivity index (χ1) is 11.9. The van der Waals surface area contributed by atoms with Gasteiger partial charge in [-0.05, 0) is 34.4 Å². The number of rotatable bonds is 5. The lowest BCUT2D eigenvalue weighted by molar-refractivity contribution is -0.140. The molecule has 0 spiro atoms. The molecule has 0 aliphatic heterocycles. The Labute approximate surface area is 157 Å². The molecule has 0 radical (unpaired) electrons. The molecule has 25 heavy (non-hydrogen) atoms. The standard InChI is InChI=1S/C21H18Cl2O2/c1-21(2)17(12-18(22)23)19(21)20(24)25-13-14-7-6-10-16(11-14)15-8-4-3-5-9-15/h3-12H,13H2,1-2H3. The van der Waals surface area contributed by atoms with Crippen LogP contribution in [0.3, 0.4) is 0 Å². The predicted molar refractivity (Wildman–Crippen MR) is 102 cm³/mol. The third-order valence-corrected chi connectivity index (χ3v) is 4.59. The minimum atomic E-state index is -0.335. The smallest absolute Gasteiger partial charge is 0.335 e. The summed E-state index contributed by atoms with van der Waals surface area (Å²) in [6.45, 7) is 4.12. The Bertz CT molecular complexity index is 860. The van der Waals surface area contributed by atoms with E-state index >= 15 is 0 Å². The molecule has 0 unspecified atom stereocenters. The predicted octanol–water partition coefficient (Wildman–Crippen LogP) is 6.05. The largest absolute Gasteiger partial charge is 0.457 e. The lowest BCUT2D eigenvalue weighted by Crippen LogP contribution is -2.07. The molecule has 0 fully saturated rings. The molecule has 2 nitrogen and oxygen atoms in total. The van der Waals surface area contributed by atoms with Crippen LogP contribution in [-0.4, -0.2) is 5.97 Å². The number of ether oxygens (including phenoxy) is 1. The molecule has 1 aliphatic rings. The highest BCUT2D eigenvalue weighted by Gasteiger charge is 2.49. The van der Waals surface area contributed by atoms with Crippen LogP contribution in [0.15, 0.2) is 76.3 Å². The van der Waals surface area contributed by atoms with Gasteiger partial charge in [0.15, 0.2) is 0 Å². The van der Waals surface area contributed by atoms with Crippen LogP contribution < -0.4 is 0 Å². The zero-order chi connectivity index (χ0) is 18.0. The average Bonchev–Trinajstić information content (AvgIpc) is 3.13. The van der Waals surface area contributed by atoms with Gasteiger partial charge in [-0.25, -0.2) is 4.79 Å². The number of benzene rings is 2. The highest BCUT2D eigenvalue weighted by molar-refractivity contribution is 6.56. The molecule has 0 aromatic heterocycles. The van der Waals surface area contributed by atoms with Gasteiger partial charge in [-0.1, -0.05) is 85.6 Å². The number of carbonyl (C=O) groups is 1. The van der Waals surface area contributed by atoms with Crippen molar-refractivity contribution in [3.8, 4) is 11.1 Å². The second-order valence-electron chi connectivity index (χ2n) is 6.49. The fourth-order valence-corrected chi connectivity index (χ4v) is 3.14. The summed E-state index contributed by atoms with van der Waals surface area (Å²) in [6, 6.07) is 18.1. The summed E-state index contributed by atoms with van der Waals surface area (Å²) >= 11 is 11.4. The van der Waals surface area contributed by atoms with Gasteiger partial charge in [0.25, 0.3) is 0 Å². The fraction of sp³-hybridized carbons (Fsp3) is 0.190. The Kier molecular flexibility index (Phi) is 5.03. The normalized spacial score (nSPS) is 14.9. The van der Waals surface area contributed by atoms with Crippen molar-refractivity contribution in [3.05, 3.63) is 81.9 Å². The SMILES string of the molecule is CC1(C)C(C=C(Cl)Cl)=C1C(=O)OCc1cccc(-c2ccccc2)c1. The number of esters is 1. The van der Waals surface area contributed by atoms with Crippen LogP contribution in [0.5, 0.6) is 0 Å². The summed E-state index contributed by atoms with van der Waals surface area (Å²) in [7, 11) is 0. The topological polar surface area (TPSA) is 26.3 Å². The van der Waals surface area contributed by atoms with Gasteiger partial charge in [-0.15, -0.1) is 0 Å². The lowest BCUT2D eigenvalue weighted by atomic mass is 10.0. The molecule has 0 saturated carbocycles. The highest BCUT2D eigenvalue weighted by atomic mass is 35.5. The van der Waals surface area contributed by atoms with E-state index in [1.807, 2.05) is 56.3 Å². The molecular formula is C21H18Cl2O2. The van der Waals surface area contributed by atoms with E-state index in [1.165, 1.54) is 0 Å². The Morgan fingerprint density at radius 2 is 1.72 bits per heavy atom. The third kappa shape index (κ3) is 3.97. The van der Waals surface area contributed by atoms with Gasteiger partial charge >= 0.3 is 5.97 Å². The molecule has 0 amide bonds. The zero-order valence-electron chi connectivity index (χ0n) is 14.1. The summed E-state index contributed by atoms with van der Waals surface area (Å²) in [6.07, 6.45) is 1.61. The molecule has 3 rings (SSSR count). The van der Waals surface area contributed by atoms with Crippen molar-refractivity contribution in [2.24, 2.45) is 5.41 Å². The van der Waals surface area contributed by atoms with Crippen molar-refractivity contribution in [1.82, 2.24) is 0 Å². The van der Waals surface area contributed by atoms with E-state index in [9.17, 15) is 4.79 Å². The summed E-state index contributed by atoms with van der Waals surface area (Å²) in [4.78, 5) is 12.3. The first-order valence-corrected chi connectivity index (χ1v) is 8.74. The number of allylic oxidation sites excluding steroid dienone is 2. The van der Waals surface area contributed by atoms with Crippen LogP contribution in [-0.2, 0) is 16.1 Å². The third-order valence-electron chi connectivity index (χ3n) is 4.37. The number of hydrogen-bond acceptors (Lipinski definition) is 2. The Morgan fingerprint density at radius 1 is 1.04 bits per heavy atom. The molecule has 0 atom stereocenters. The number of carbonyl (C=O) groups excluding carboxylic acids is 1. The first kappa shape index (κ1) is 17.8. The molecule has 0 heterocycles. The van der Waals surface area contributed by atoms with Crippen molar-refractivity contribution in [2.75, 3.05) is 0 Å². The maximum atomic E-state index is 12.3. The molecule has 1 aliphatic carbocycles. The van der Waals surface area contributed by atoms with Crippen molar-refractivity contribution < 1.29 is 9.53 Å². The van der Waals surface area contributed by atoms with Crippen LogP contribution in [0.25, 0.3) is 11.1 Å². The lowest BCUT2D eigenvalue weighted by Gasteiger charge is -2.08. The van der Waals surface area contributed by atoms with E-state index in [4.69, 9.17) is 27.9 Å². The second kappa shape index (κ2) is 7.07. The van der Waals surface area contributed by atoms with Crippen LogP contribution >= 0.6 is 23.2 Å². The average molecular weight is 373 g/mol. The van der Waals surface area contributed by atoms with Crippen LogP contribution in [0.1, 0.15) is 19.4 Å².